The van der Waals surface area contributed by atoms with E-state index < -0.39 is 0 Å². The largest absolute Gasteiger partial charge is 0.388 e. The summed E-state index contributed by atoms with van der Waals surface area (Å²) in [6, 6.07) is 5.90. The van der Waals surface area contributed by atoms with Crippen LogP contribution in [0.1, 0.15) is 25.0 Å². The van der Waals surface area contributed by atoms with Gasteiger partial charge in [-0.3, -0.25) is 0 Å². The molecule has 3 heteroatoms. The van der Waals surface area contributed by atoms with Gasteiger partial charge in [-0.2, -0.15) is 0 Å². The summed E-state index contributed by atoms with van der Waals surface area (Å²) in [6.45, 7) is 1.97. The minimum Gasteiger partial charge on any atom is -0.388 e. The molecule has 0 spiro atoms. The fourth-order valence-electron chi connectivity index (χ4n) is 1.60. The van der Waals surface area contributed by atoms with E-state index in [2.05, 4.69) is 4.98 Å². The van der Waals surface area contributed by atoms with Gasteiger partial charge >= 0.3 is 0 Å². The first kappa shape index (κ1) is 9.21. The van der Waals surface area contributed by atoms with Crippen LogP contribution >= 0.6 is 0 Å². The summed E-state index contributed by atoms with van der Waals surface area (Å²) in [5.74, 6) is 0. The lowest BCUT2D eigenvalue weighted by Gasteiger charge is -2.07. The number of aliphatic hydroxyl groups excluding tert-OH is 1. The molecule has 0 fully saturated rings. The highest BCUT2D eigenvalue weighted by molar-refractivity contribution is 5.76. The molecule has 0 bridgehead atoms. The zero-order valence-corrected chi connectivity index (χ0v) is 8.44. The number of imidazole rings is 1. The van der Waals surface area contributed by atoms with Crippen LogP contribution in [0.2, 0.25) is 0 Å². The van der Waals surface area contributed by atoms with Crippen molar-refractivity contribution in [1.82, 2.24) is 9.55 Å². The number of hydrogen-bond donors (Lipinski definition) is 1. The molecule has 2 rings (SSSR count). The molecule has 0 saturated heterocycles. The lowest BCUT2D eigenvalue weighted by molar-refractivity contribution is 0.174. The topological polar surface area (TPSA) is 38.1 Å². The summed E-state index contributed by atoms with van der Waals surface area (Å²) in [6.07, 6.45) is 2.15. The fraction of sp³-hybridized carbons (Fsp3) is 0.364. The van der Waals surface area contributed by atoms with Crippen molar-refractivity contribution >= 4 is 11.0 Å². The van der Waals surface area contributed by atoms with Gasteiger partial charge in [0.05, 0.1) is 23.5 Å². The van der Waals surface area contributed by atoms with Gasteiger partial charge in [-0.15, -0.1) is 0 Å². The normalized spacial score (nSPS) is 13.4. The molecule has 1 unspecified atom stereocenters. The van der Waals surface area contributed by atoms with Crippen molar-refractivity contribution in [3.63, 3.8) is 0 Å². The second kappa shape index (κ2) is 3.42. The first-order valence-corrected chi connectivity index (χ1v) is 4.81. The van der Waals surface area contributed by atoms with Gasteiger partial charge in [0.1, 0.15) is 0 Å². The van der Waals surface area contributed by atoms with Gasteiger partial charge < -0.3 is 9.67 Å². The number of aromatic nitrogens is 2. The molecular weight excluding hydrogens is 176 g/mol. The Morgan fingerprint density at radius 3 is 3.00 bits per heavy atom. The fourth-order valence-corrected chi connectivity index (χ4v) is 1.60. The van der Waals surface area contributed by atoms with Crippen molar-refractivity contribution in [2.24, 2.45) is 7.05 Å². The van der Waals surface area contributed by atoms with Crippen molar-refractivity contribution in [2.45, 2.75) is 19.4 Å². The third-order valence-electron chi connectivity index (χ3n) is 2.52. The van der Waals surface area contributed by atoms with Gasteiger partial charge in [0.15, 0.2) is 0 Å². The number of aryl methyl sites for hydroxylation is 1. The minimum absolute atomic E-state index is 0.374. The number of rotatable bonds is 2. The van der Waals surface area contributed by atoms with Gasteiger partial charge in [0.25, 0.3) is 0 Å². The summed E-state index contributed by atoms with van der Waals surface area (Å²) in [7, 11) is 1.96. The van der Waals surface area contributed by atoms with Crippen molar-refractivity contribution < 1.29 is 5.11 Å². The van der Waals surface area contributed by atoms with Crippen LogP contribution < -0.4 is 0 Å². The van der Waals surface area contributed by atoms with E-state index in [1.54, 1.807) is 6.33 Å². The number of benzene rings is 1. The molecule has 14 heavy (non-hydrogen) atoms. The molecule has 0 saturated carbocycles. The standard InChI is InChI=1S/C11H14N2O/c1-3-11(14)8-4-5-10-9(6-8)12-7-13(10)2/h4-7,11,14H,3H2,1-2H3. The molecule has 1 atom stereocenters. The molecule has 1 aromatic heterocycles. The Hall–Kier alpha value is -1.35. The number of hydrogen-bond acceptors (Lipinski definition) is 2. The van der Waals surface area contributed by atoms with Crippen LogP contribution in [0.25, 0.3) is 11.0 Å². The Bertz CT molecular complexity index is 447. The van der Waals surface area contributed by atoms with E-state index in [0.717, 1.165) is 23.0 Å². The van der Waals surface area contributed by atoms with E-state index in [1.807, 2.05) is 36.7 Å². The Morgan fingerprint density at radius 1 is 1.50 bits per heavy atom. The molecule has 2 aromatic rings. The number of aliphatic hydroxyl groups is 1. The maximum Gasteiger partial charge on any atom is 0.0955 e. The summed E-state index contributed by atoms with van der Waals surface area (Å²) >= 11 is 0. The molecule has 74 valence electrons. The van der Waals surface area contributed by atoms with Crippen LogP contribution in [-0.4, -0.2) is 14.7 Å². The number of nitrogens with zero attached hydrogens (tertiary/aromatic N) is 2. The van der Waals surface area contributed by atoms with Crippen LogP contribution in [-0.2, 0) is 7.05 Å². The van der Waals surface area contributed by atoms with Crippen molar-refractivity contribution in [1.29, 1.82) is 0 Å². The number of fused-ring (bicyclic) bond motifs is 1. The van der Waals surface area contributed by atoms with Gasteiger partial charge in [-0.05, 0) is 24.1 Å². The summed E-state index contributed by atoms with van der Waals surface area (Å²) < 4.78 is 1.97. The van der Waals surface area contributed by atoms with Gasteiger partial charge in [-0.25, -0.2) is 4.98 Å². The van der Waals surface area contributed by atoms with Crippen molar-refractivity contribution in [3.8, 4) is 0 Å². The zero-order valence-electron chi connectivity index (χ0n) is 8.44. The average molecular weight is 190 g/mol. The first-order valence-electron chi connectivity index (χ1n) is 4.81. The van der Waals surface area contributed by atoms with Gasteiger partial charge in [0, 0.05) is 7.05 Å². The monoisotopic (exact) mass is 190 g/mol. The highest BCUT2D eigenvalue weighted by atomic mass is 16.3. The quantitative estimate of drug-likeness (QED) is 0.786. The van der Waals surface area contributed by atoms with Crippen molar-refractivity contribution in [3.05, 3.63) is 30.1 Å². The lowest BCUT2D eigenvalue weighted by atomic mass is 10.1. The molecule has 1 aromatic carbocycles. The second-order valence-electron chi connectivity index (χ2n) is 3.53. The minimum atomic E-state index is -0.374. The average Bonchev–Trinajstić information content (AvgIpc) is 2.59. The van der Waals surface area contributed by atoms with Crippen LogP contribution in [0.3, 0.4) is 0 Å². The Balaban J connectivity index is 2.52. The van der Waals surface area contributed by atoms with Crippen LogP contribution in [0, 0.1) is 0 Å². The van der Waals surface area contributed by atoms with E-state index in [0.29, 0.717) is 0 Å². The maximum absolute atomic E-state index is 9.66. The Morgan fingerprint density at radius 2 is 2.29 bits per heavy atom. The maximum atomic E-state index is 9.66. The van der Waals surface area contributed by atoms with Crippen molar-refractivity contribution in [2.75, 3.05) is 0 Å². The van der Waals surface area contributed by atoms with Crippen LogP contribution in [0.4, 0.5) is 0 Å². The molecular formula is C11H14N2O. The second-order valence-corrected chi connectivity index (χ2v) is 3.53. The lowest BCUT2D eigenvalue weighted by Crippen LogP contribution is -1.94. The highest BCUT2D eigenvalue weighted by Crippen LogP contribution is 2.20. The van der Waals surface area contributed by atoms with Gasteiger partial charge in [0.2, 0.25) is 0 Å². The SMILES string of the molecule is CCC(O)c1ccc2c(c1)ncn2C. The van der Waals surface area contributed by atoms with Crippen LogP contribution in [0.15, 0.2) is 24.5 Å². The molecule has 1 N–H and O–H groups in total. The predicted molar refractivity (Wildman–Crippen MR) is 56.0 cm³/mol. The third kappa shape index (κ3) is 1.40. The smallest absolute Gasteiger partial charge is 0.0955 e. The molecule has 1 heterocycles. The predicted octanol–water partition coefficient (Wildman–Crippen LogP) is 2.02. The Kier molecular flexibility index (Phi) is 2.25. The molecule has 0 radical (unpaired) electrons. The van der Waals surface area contributed by atoms with E-state index in [-0.39, 0.29) is 6.10 Å². The summed E-state index contributed by atoms with van der Waals surface area (Å²) in [4.78, 5) is 4.25. The zero-order chi connectivity index (χ0) is 10.1. The molecule has 0 aliphatic carbocycles. The highest BCUT2D eigenvalue weighted by Gasteiger charge is 2.06. The summed E-state index contributed by atoms with van der Waals surface area (Å²) in [5, 5.41) is 9.66. The van der Waals surface area contributed by atoms with Crippen LogP contribution in [0.5, 0.6) is 0 Å². The van der Waals surface area contributed by atoms with E-state index in [9.17, 15) is 5.11 Å². The van der Waals surface area contributed by atoms with Gasteiger partial charge in [-0.1, -0.05) is 13.0 Å². The molecule has 0 aliphatic rings. The molecule has 3 nitrogen and oxygen atoms in total. The third-order valence-corrected chi connectivity index (χ3v) is 2.52. The van der Waals surface area contributed by atoms with E-state index in [4.69, 9.17) is 0 Å². The summed E-state index contributed by atoms with van der Waals surface area (Å²) in [5.41, 5.74) is 2.98. The Labute approximate surface area is 83.0 Å². The first-order chi connectivity index (χ1) is 6.72. The molecule has 0 aliphatic heterocycles. The van der Waals surface area contributed by atoms with E-state index in [1.165, 1.54) is 0 Å². The van der Waals surface area contributed by atoms with E-state index >= 15 is 0 Å². The molecule has 0 amide bonds.